The van der Waals surface area contributed by atoms with E-state index in [-0.39, 0.29) is 12.3 Å². The number of fused-ring (bicyclic) bond motifs is 1. The van der Waals surface area contributed by atoms with Crippen LogP contribution >= 0.6 is 0 Å². The smallest absolute Gasteiger partial charge is 0.307 e. The Kier molecular flexibility index (Phi) is 4.52. The van der Waals surface area contributed by atoms with Crippen LogP contribution in [-0.4, -0.2) is 26.4 Å². The fourth-order valence-corrected chi connectivity index (χ4v) is 2.76. The van der Waals surface area contributed by atoms with Gasteiger partial charge in [0.25, 0.3) is 5.91 Å². The van der Waals surface area contributed by atoms with Crippen molar-refractivity contribution >= 4 is 23.2 Å². The van der Waals surface area contributed by atoms with Crippen molar-refractivity contribution in [1.29, 1.82) is 0 Å². The van der Waals surface area contributed by atoms with Crippen LogP contribution in [0.3, 0.4) is 0 Å². The summed E-state index contributed by atoms with van der Waals surface area (Å²) in [6.07, 6.45) is 2.51. The van der Waals surface area contributed by atoms with Crippen LogP contribution < -0.4 is 5.32 Å². The number of rotatable bonds is 5. The first-order valence-corrected chi connectivity index (χ1v) is 8.07. The van der Waals surface area contributed by atoms with Gasteiger partial charge in [0.1, 0.15) is 11.3 Å². The number of carbonyl (C=O) groups excluding carboxylic acids is 1. The maximum atomic E-state index is 12.8. The van der Waals surface area contributed by atoms with Gasteiger partial charge in [-0.05, 0) is 42.7 Å². The number of carboxylic acid groups (broad SMARTS) is 1. The zero-order valence-corrected chi connectivity index (χ0v) is 14.1. The molecule has 1 amide bonds. The summed E-state index contributed by atoms with van der Waals surface area (Å²) in [5, 5.41) is 11.7. The minimum absolute atomic E-state index is 0.0409. The molecule has 0 unspecified atom stereocenters. The number of carboxylic acids is 1. The van der Waals surface area contributed by atoms with E-state index in [0.29, 0.717) is 23.4 Å². The number of amides is 1. The Balaban J connectivity index is 1.89. The molecule has 2 heterocycles. The molecule has 128 valence electrons. The van der Waals surface area contributed by atoms with E-state index < -0.39 is 5.97 Å². The van der Waals surface area contributed by atoms with Crippen LogP contribution in [0.15, 0.2) is 42.6 Å². The van der Waals surface area contributed by atoms with Crippen molar-refractivity contribution in [2.45, 2.75) is 26.7 Å². The molecule has 0 saturated heterocycles. The molecule has 0 fully saturated rings. The second-order valence-electron chi connectivity index (χ2n) is 5.92. The first kappa shape index (κ1) is 16.7. The van der Waals surface area contributed by atoms with Crippen molar-refractivity contribution in [3.8, 4) is 0 Å². The van der Waals surface area contributed by atoms with Crippen molar-refractivity contribution < 1.29 is 14.7 Å². The molecule has 3 aromatic rings. The summed E-state index contributed by atoms with van der Waals surface area (Å²) < 4.78 is 1.81. The summed E-state index contributed by atoms with van der Waals surface area (Å²) in [5.74, 6) is -1.12. The van der Waals surface area contributed by atoms with Gasteiger partial charge in [0.15, 0.2) is 0 Å². The molecular weight excluding hydrogens is 318 g/mol. The van der Waals surface area contributed by atoms with Crippen LogP contribution in [0.25, 0.3) is 5.65 Å². The monoisotopic (exact) mass is 337 g/mol. The number of imidazole rings is 1. The highest BCUT2D eigenvalue weighted by Gasteiger charge is 2.18. The van der Waals surface area contributed by atoms with Crippen molar-refractivity contribution in [2.24, 2.45) is 0 Å². The number of hydrogen-bond donors (Lipinski definition) is 2. The molecule has 25 heavy (non-hydrogen) atoms. The Labute approximate surface area is 145 Å². The van der Waals surface area contributed by atoms with E-state index in [1.165, 1.54) is 0 Å². The van der Waals surface area contributed by atoms with Crippen molar-refractivity contribution in [2.75, 3.05) is 5.32 Å². The largest absolute Gasteiger partial charge is 0.481 e. The number of aromatic nitrogens is 2. The van der Waals surface area contributed by atoms with Crippen molar-refractivity contribution in [1.82, 2.24) is 9.38 Å². The molecule has 0 bridgehead atoms. The van der Waals surface area contributed by atoms with Crippen LogP contribution in [0.1, 0.15) is 34.2 Å². The summed E-state index contributed by atoms with van der Waals surface area (Å²) in [6.45, 7) is 3.93. The van der Waals surface area contributed by atoms with E-state index in [1.807, 2.05) is 36.6 Å². The lowest BCUT2D eigenvalue weighted by molar-refractivity contribution is -0.136. The lowest BCUT2D eigenvalue weighted by Gasteiger charge is -2.08. The van der Waals surface area contributed by atoms with E-state index in [1.54, 1.807) is 24.3 Å². The van der Waals surface area contributed by atoms with Crippen LogP contribution in [-0.2, 0) is 17.6 Å². The fraction of sp³-hybridized carbons (Fsp3) is 0.211. The molecular formula is C19H19N3O3. The molecule has 0 radical (unpaired) electrons. The number of nitrogens with one attached hydrogen (secondary N) is 1. The highest BCUT2D eigenvalue weighted by molar-refractivity contribution is 6.04. The van der Waals surface area contributed by atoms with Crippen LogP contribution in [0, 0.1) is 6.92 Å². The molecule has 0 saturated carbocycles. The Bertz CT molecular complexity index is 942. The number of anilines is 1. The second kappa shape index (κ2) is 6.76. The summed E-state index contributed by atoms with van der Waals surface area (Å²) >= 11 is 0. The number of aryl methyl sites for hydroxylation is 2. The van der Waals surface area contributed by atoms with Gasteiger partial charge in [-0.1, -0.05) is 25.1 Å². The predicted molar refractivity (Wildman–Crippen MR) is 95.0 cm³/mol. The molecule has 1 aromatic carbocycles. The average molecular weight is 337 g/mol. The Morgan fingerprint density at radius 1 is 1.16 bits per heavy atom. The minimum Gasteiger partial charge on any atom is -0.481 e. The number of aliphatic carboxylic acids is 1. The van der Waals surface area contributed by atoms with Gasteiger partial charge in [0.05, 0.1) is 12.1 Å². The van der Waals surface area contributed by atoms with Gasteiger partial charge in [-0.3, -0.25) is 14.0 Å². The first-order valence-electron chi connectivity index (χ1n) is 8.07. The van der Waals surface area contributed by atoms with Gasteiger partial charge in [-0.2, -0.15) is 0 Å². The lowest BCUT2D eigenvalue weighted by Crippen LogP contribution is -2.16. The third-order valence-electron chi connectivity index (χ3n) is 3.96. The minimum atomic E-state index is -0.884. The summed E-state index contributed by atoms with van der Waals surface area (Å²) in [6, 6.07) is 10.7. The average Bonchev–Trinajstić information content (AvgIpc) is 2.94. The van der Waals surface area contributed by atoms with Gasteiger partial charge in [-0.25, -0.2) is 4.98 Å². The third-order valence-corrected chi connectivity index (χ3v) is 3.96. The first-order chi connectivity index (χ1) is 12.0. The van der Waals surface area contributed by atoms with Gasteiger partial charge in [0, 0.05) is 11.9 Å². The molecule has 6 nitrogen and oxygen atoms in total. The molecule has 0 aliphatic carbocycles. The third kappa shape index (κ3) is 3.52. The van der Waals surface area contributed by atoms with Gasteiger partial charge in [0.2, 0.25) is 0 Å². The van der Waals surface area contributed by atoms with Crippen molar-refractivity contribution in [3.63, 3.8) is 0 Å². The van der Waals surface area contributed by atoms with Crippen LogP contribution in [0.2, 0.25) is 0 Å². The molecule has 0 aliphatic heterocycles. The second-order valence-corrected chi connectivity index (χ2v) is 5.92. The lowest BCUT2D eigenvalue weighted by atomic mass is 10.1. The van der Waals surface area contributed by atoms with Crippen LogP contribution in [0.4, 0.5) is 5.69 Å². The summed E-state index contributed by atoms with van der Waals surface area (Å²) in [7, 11) is 0. The standard InChI is InChI=1S/C19H19N3O3/c1-3-15-18(22-11-12(2)4-9-16(22)21-15)19(25)20-14-7-5-13(6-8-14)10-17(23)24/h4-9,11H,3,10H2,1-2H3,(H,20,25)(H,23,24). The molecule has 2 aromatic heterocycles. The van der Waals surface area contributed by atoms with E-state index in [4.69, 9.17) is 5.11 Å². The molecule has 6 heteroatoms. The molecule has 2 N–H and O–H groups in total. The van der Waals surface area contributed by atoms with Gasteiger partial charge >= 0.3 is 5.97 Å². The number of pyridine rings is 1. The van der Waals surface area contributed by atoms with E-state index in [9.17, 15) is 9.59 Å². The number of carbonyl (C=O) groups is 2. The Morgan fingerprint density at radius 3 is 2.52 bits per heavy atom. The zero-order valence-electron chi connectivity index (χ0n) is 14.1. The Hall–Kier alpha value is -3.15. The quantitative estimate of drug-likeness (QED) is 0.749. The summed E-state index contributed by atoms with van der Waals surface area (Å²) in [5.41, 5.74) is 4.35. The topological polar surface area (TPSA) is 83.7 Å². The van der Waals surface area contributed by atoms with Crippen LogP contribution in [0.5, 0.6) is 0 Å². The SMILES string of the molecule is CCc1nc2ccc(C)cn2c1C(=O)Nc1ccc(CC(=O)O)cc1. The Morgan fingerprint density at radius 2 is 1.88 bits per heavy atom. The highest BCUT2D eigenvalue weighted by Crippen LogP contribution is 2.17. The van der Waals surface area contributed by atoms with Crippen molar-refractivity contribution in [3.05, 3.63) is 65.1 Å². The maximum Gasteiger partial charge on any atom is 0.307 e. The number of benzene rings is 1. The van der Waals surface area contributed by atoms with E-state index >= 15 is 0 Å². The molecule has 3 rings (SSSR count). The maximum absolute atomic E-state index is 12.8. The van der Waals surface area contributed by atoms with Gasteiger partial charge in [-0.15, -0.1) is 0 Å². The fourth-order valence-electron chi connectivity index (χ4n) is 2.76. The normalized spacial score (nSPS) is 10.8. The predicted octanol–water partition coefficient (Wildman–Crippen LogP) is 3.08. The van der Waals surface area contributed by atoms with Gasteiger partial charge < -0.3 is 10.4 Å². The molecule has 0 atom stereocenters. The highest BCUT2D eigenvalue weighted by atomic mass is 16.4. The number of hydrogen-bond acceptors (Lipinski definition) is 3. The zero-order chi connectivity index (χ0) is 18.0. The number of nitrogens with zero attached hydrogens (tertiary/aromatic N) is 2. The molecule has 0 aliphatic rings. The summed E-state index contributed by atoms with van der Waals surface area (Å²) in [4.78, 5) is 28.0. The van der Waals surface area contributed by atoms with E-state index in [2.05, 4.69) is 10.3 Å². The van der Waals surface area contributed by atoms with E-state index in [0.717, 1.165) is 16.9 Å². The molecule has 0 spiro atoms.